The molecule has 0 rings (SSSR count). The molecule has 0 spiro atoms. The zero-order chi connectivity index (χ0) is 5.86. The molecule has 0 bridgehead atoms. The summed E-state index contributed by atoms with van der Waals surface area (Å²) in [7, 11) is -5.22. The van der Waals surface area contributed by atoms with E-state index >= 15 is 0 Å². The van der Waals surface area contributed by atoms with Gasteiger partial charge in [-0.2, -0.15) is 0 Å². The maximum absolute atomic E-state index is 7.82. The van der Waals surface area contributed by atoms with Gasteiger partial charge in [-0.05, 0) is 0 Å². The van der Waals surface area contributed by atoms with Gasteiger partial charge in [0.2, 0.25) is 0 Å². The van der Waals surface area contributed by atoms with Crippen LogP contribution in [-0.4, -0.2) is 71.0 Å². The van der Waals surface area contributed by atoms with Gasteiger partial charge < -0.3 is 19.6 Å². The summed E-state index contributed by atoms with van der Waals surface area (Å²) in [5, 5.41) is 0. The Morgan fingerprint density at radius 1 is 0.875 bits per heavy atom. The topological polar surface area (TPSA) is 90.2 Å². The van der Waals surface area contributed by atoms with Gasteiger partial charge in [-0.3, -0.25) is 0 Å². The summed E-state index contributed by atoms with van der Waals surface area (Å²) in [4.78, 5) is 31.3. The van der Waals surface area contributed by atoms with E-state index in [0.29, 0.717) is 0 Å². The van der Waals surface area contributed by atoms with Gasteiger partial charge in [-0.25, -0.2) is 4.31 Å². The Morgan fingerprint density at radius 3 is 1.12 bits per heavy atom. The van der Waals surface area contributed by atoms with Crippen molar-refractivity contribution in [1.29, 1.82) is 0 Å². The second-order valence-corrected chi connectivity index (χ2v) is 2.25. The minimum atomic E-state index is -2.61. The Hall–Kier alpha value is 2.30. The molecular weight excluding hydrogens is 181 g/mol. The van der Waals surface area contributed by atoms with Crippen LogP contribution in [-0.2, 0) is 4.31 Å². The van der Waals surface area contributed by atoms with Crippen LogP contribution in [0.5, 0.6) is 0 Å². The fourth-order valence-electron chi connectivity index (χ4n) is 0.0653. The summed E-state index contributed by atoms with van der Waals surface area (Å²) in [6.07, 6.45) is 0. The van der Waals surface area contributed by atoms with Crippen molar-refractivity contribution in [2.24, 2.45) is 0 Å². The van der Waals surface area contributed by atoms with Crippen LogP contribution in [0.4, 0.5) is 0 Å². The van der Waals surface area contributed by atoms with Crippen LogP contribution in [0.2, 0.25) is 0 Å². The summed E-state index contributed by atoms with van der Waals surface area (Å²) in [6, 6.07) is 0. The van der Waals surface area contributed by atoms with Crippen molar-refractivity contribution in [3.63, 3.8) is 0 Å². The van der Waals surface area contributed by atoms with Crippen LogP contribution >= 0.6 is 17.2 Å². The Bertz CT molecular complexity index is 39.7. The molecule has 0 aromatic heterocycles. The third-order valence-electron chi connectivity index (χ3n) is 0.146. The molecule has 8 heteroatoms. The average Bonchev–Trinajstić information content (AvgIpc) is 1.27. The number of hydrogen-bond acceptors (Lipinski definition) is 5. The molecule has 0 heterocycles. The Kier molecular flexibility index (Phi) is 12.0. The molecule has 0 fully saturated rings. The molecule has 0 aromatic rings. The fraction of sp³-hybridized carbons (Fsp3) is 0. The second-order valence-electron chi connectivity index (χ2n) is 0.587. The van der Waals surface area contributed by atoms with Crippen LogP contribution in [0, 0.1) is 0 Å². The molecule has 8 heavy (non-hydrogen) atoms. The third kappa shape index (κ3) is 11.1. The van der Waals surface area contributed by atoms with E-state index in [2.05, 4.69) is 4.31 Å². The molecule has 0 saturated carbocycles. The molecule has 0 amide bonds. The minimum absolute atomic E-state index is 0. The Morgan fingerprint density at radius 2 is 1.12 bits per heavy atom. The van der Waals surface area contributed by atoms with Gasteiger partial charge in [-0.1, -0.05) is 0 Å². The SMILES string of the molecule is OP(O)OP(O)O.[KH]. The van der Waals surface area contributed by atoms with E-state index < -0.39 is 17.2 Å². The molecule has 0 saturated heterocycles. The Balaban J connectivity index is 0. The van der Waals surface area contributed by atoms with Gasteiger partial charge in [-0.15, -0.1) is 0 Å². The van der Waals surface area contributed by atoms with Crippen molar-refractivity contribution < 1.29 is 23.9 Å². The van der Waals surface area contributed by atoms with E-state index in [-0.39, 0.29) is 51.4 Å². The molecule has 5 nitrogen and oxygen atoms in total. The van der Waals surface area contributed by atoms with E-state index in [9.17, 15) is 0 Å². The van der Waals surface area contributed by atoms with Gasteiger partial charge in [0.25, 0.3) is 0 Å². The molecular formula is H5KO5P2. The predicted molar refractivity (Wildman–Crippen MR) is 30.9 cm³/mol. The average molecular weight is 186 g/mol. The standard InChI is InChI=1S/K.H4O5P2.H/c;1-6(2)5-7(3)4;/h;1-4H;. The van der Waals surface area contributed by atoms with Crippen LogP contribution in [0.25, 0.3) is 0 Å². The number of hydrogen-bond donors (Lipinski definition) is 4. The van der Waals surface area contributed by atoms with E-state index in [4.69, 9.17) is 19.6 Å². The summed E-state index contributed by atoms with van der Waals surface area (Å²) >= 11 is 0. The normalized spacial score (nSPS) is 9.75. The predicted octanol–water partition coefficient (Wildman–Crippen LogP) is -1.22. The fourth-order valence-corrected chi connectivity index (χ4v) is 0.588. The van der Waals surface area contributed by atoms with Crippen molar-refractivity contribution in [2.75, 3.05) is 0 Å². The quantitative estimate of drug-likeness (QED) is 0.320. The van der Waals surface area contributed by atoms with Crippen molar-refractivity contribution >= 4 is 68.6 Å². The maximum atomic E-state index is 7.82. The molecule has 0 aliphatic rings. The van der Waals surface area contributed by atoms with Gasteiger partial charge in [0, 0.05) is 0 Å². The van der Waals surface area contributed by atoms with Crippen LogP contribution in [0.1, 0.15) is 0 Å². The monoisotopic (exact) mass is 186 g/mol. The summed E-state index contributed by atoms with van der Waals surface area (Å²) in [5.74, 6) is 0. The third-order valence-corrected chi connectivity index (χ3v) is 1.31. The van der Waals surface area contributed by atoms with Crippen molar-refractivity contribution in [2.45, 2.75) is 0 Å². The van der Waals surface area contributed by atoms with Crippen molar-refractivity contribution in [3.8, 4) is 0 Å². The second kappa shape index (κ2) is 7.40. The molecule has 46 valence electrons. The van der Waals surface area contributed by atoms with Gasteiger partial charge in [0.05, 0.1) is 0 Å². The molecule has 0 atom stereocenters. The van der Waals surface area contributed by atoms with Gasteiger partial charge in [0.15, 0.2) is 0 Å². The first-order valence-electron chi connectivity index (χ1n) is 1.17. The first-order chi connectivity index (χ1) is 3.13. The molecule has 0 aliphatic carbocycles. The van der Waals surface area contributed by atoms with Gasteiger partial charge >= 0.3 is 68.6 Å². The first-order valence-corrected chi connectivity index (χ1v) is 3.50. The van der Waals surface area contributed by atoms with E-state index in [1.807, 2.05) is 0 Å². The van der Waals surface area contributed by atoms with Crippen molar-refractivity contribution in [3.05, 3.63) is 0 Å². The van der Waals surface area contributed by atoms with Crippen LogP contribution in [0.15, 0.2) is 0 Å². The number of rotatable bonds is 2. The van der Waals surface area contributed by atoms with Gasteiger partial charge in [0.1, 0.15) is 0 Å². The molecule has 0 aromatic carbocycles. The summed E-state index contributed by atoms with van der Waals surface area (Å²) in [6.45, 7) is 0. The van der Waals surface area contributed by atoms with Crippen molar-refractivity contribution in [1.82, 2.24) is 0 Å². The van der Waals surface area contributed by atoms with E-state index in [0.717, 1.165) is 0 Å². The van der Waals surface area contributed by atoms with E-state index in [1.165, 1.54) is 0 Å². The first kappa shape index (κ1) is 12.9. The Labute approximate surface area is 91.1 Å². The summed E-state index contributed by atoms with van der Waals surface area (Å²) in [5.41, 5.74) is 0. The van der Waals surface area contributed by atoms with Crippen LogP contribution < -0.4 is 0 Å². The summed E-state index contributed by atoms with van der Waals surface area (Å²) < 4.78 is 3.60. The molecule has 0 unspecified atom stereocenters. The molecule has 0 aliphatic heterocycles. The van der Waals surface area contributed by atoms with E-state index in [1.54, 1.807) is 0 Å². The zero-order valence-corrected chi connectivity index (χ0v) is 4.88. The molecule has 4 N–H and O–H groups in total. The zero-order valence-electron chi connectivity index (χ0n) is 3.09. The van der Waals surface area contributed by atoms with Crippen LogP contribution in [0.3, 0.4) is 0 Å². The molecule has 0 radical (unpaired) electrons.